The highest BCUT2D eigenvalue weighted by Crippen LogP contribution is 2.24. The summed E-state index contributed by atoms with van der Waals surface area (Å²) >= 11 is 0. The third-order valence-electron chi connectivity index (χ3n) is 4.42. The van der Waals surface area contributed by atoms with E-state index in [1.165, 1.54) is 44.1 Å². The molecule has 1 aromatic heterocycles. The van der Waals surface area contributed by atoms with Crippen LogP contribution < -0.4 is 5.32 Å². The van der Waals surface area contributed by atoms with Crippen molar-refractivity contribution in [1.82, 2.24) is 10.2 Å². The zero-order chi connectivity index (χ0) is 14.4. The van der Waals surface area contributed by atoms with Gasteiger partial charge in [-0.2, -0.15) is 0 Å². The molecular formula is C17H30N2O. The van der Waals surface area contributed by atoms with E-state index in [4.69, 9.17) is 4.42 Å². The van der Waals surface area contributed by atoms with E-state index in [9.17, 15) is 0 Å². The summed E-state index contributed by atoms with van der Waals surface area (Å²) < 4.78 is 5.93. The van der Waals surface area contributed by atoms with Gasteiger partial charge in [-0.25, -0.2) is 0 Å². The Morgan fingerprint density at radius 3 is 2.75 bits per heavy atom. The van der Waals surface area contributed by atoms with Crippen molar-refractivity contribution in [3.05, 3.63) is 23.2 Å². The third-order valence-corrected chi connectivity index (χ3v) is 4.42. The van der Waals surface area contributed by atoms with E-state index >= 15 is 0 Å². The highest BCUT2D eigenvalue weighted by Gasteiger charge is 2.19. The van der Waals surface area contributed by atoms with Gasteiger partial charge in [0.05, 0.1) is 6.54 Å². The van der Waals surface area contributed by atoms with Gasteiger partial charge in [-0.05, 0) is 45.8 Å². The van der Waals surface area contributed by atoms with Gasteiger partial charge in [0.15, 0.2) is 0 Å². The second-order valence-electron chi connectivity index (χ2n) is 6.18. The number of nitrogens with zero attached hydrogens (tertiary/aromatic N) is 1. The Kier molecular flexibility index (Phi) is 6.11. The van der Waals surface area contributed by atoms with E-state index < -0.39 is 0 Å². The molecule has 1 aromatic rings. The quantitative estimate of drug-likeness (QED) is 0.768. The first kappa shape index (κ1) is 15.6. The fraction of sp³-hybridized carbons (Fsp3) is 0.765. The Labute approximate surface area is 123 Å². The third kappa shape index (κ3) is 4.35. The fourth-order valence-corrected chi connectivity index (χ4v) is 3.14. The maximum Gasteiger partial charge on any atom is 0.118 e. The molecule has 0 saturated heterocycles. The highest BCUT2D eigenvalue weighted by molar-refractivity contribution is 5.20. The van der Waals surface area contributed by atoms with Crippen molar-refractivity contribution in [2.45, 2.75) is 71.5 Å². The lowest BCUT2D eigenvalue weighted by Crippen LogP contribution is -2.32. The summed E-state index contributed by atoms with van der Waals surface area (Å²) in [5.41, 5.74) is 1.31. The summed E-state index contributed by atoms with van der Waals surface area (Å²) in [6, 6.07) is 2.98. The van der Waals surface area contributed by atoms with Crippen LogP contribution in [0.1, 0.15) is 62.5 Å². The molecule has 1 N–H and O–H groups in total. The van der Waals surface area contributed by atoms with Crippen molar-refractivity contribution in [2.75, 3.05) is 13.6 Å². The van der Waals surface area contributed by atoms with Gasteiger partial charge in [-0.15, -0.1) is 0 Å². The predicted molar refractivity (Wildman–Crippen MR) is 83.8 cm³/mol. The maximum atomic E-state index is 5.93. The van der Waals surface area contributed by atoms with Crippen LogP contribution in [0.25, 0.3) is 0 Å². The molecule has 1 heterocycles. The zero-order valence-corrected chi connectivity index (χ0v) is 13.4. The minimum absolute atomic E-state index is 0.746. The van der Waals surface area contributed by atoms with E-state index in [1.807, 2.05) is 0 Å². The van der Waals surface area contributed by atoms with Gasteiger partial charge < -0.3 is 9.73 Å². The van der Waals surface area contributed by atoms with Crippen LogP contribution in [0.4, 0.5) is 0 Å². The summed E-state index contributed by atoms with van der Waals surface area (Å²) in [5.74, 6) is 2.18. The molecule has 0 aromatic carbocycles. The zero-order valence-electron chi connectivity index (χ0n) is 13.4. The van der Waals surface area contributed by atoms with Gasteiger partial charge in [0.1, 0.15) is 11.5 Å². The maximum absolute atomic E-state index is 5.93. The van der Waals surface area contributed by atoms with Crippen LogP contribution >= 0.6 is 0 Å². The van der Waals surface area contributed by atoms with Crippen LogP contribution in [0, 0.1) is 6.92 Å². The van der Waals surface area contributed by atoms with Crippen molar-refractivity contribution >= 4 is 0 Å². The summed E-state index contributed by atoms with van der Waals surface area (Å²) in [4.78, 5) is 2.47. The largest absolute Gasteiger partial charge is 0.465 e. The molecule has 1 fully saturated rings. The van der Waals surface area contributed by atoms with Crippen LogP contribution in [-0.4, -0.2) is 24.5 Å². The van der Waals surface area contributed by atoms with Crippen molar-refractivity contribution in [3.8, 4) is 0 Å². The van der Waals surface area contributed by atoms with Crippen molar-refractivity contribution in [1.29, 1.82) is 0 Å². The topological polar surface area (TPSA) is 28.4 Å². The van der Waals surface area contributed by atoms with Gasteiger partial charge in [0.25, 0.3) is 0 Å². The van der Waals surface area contributed by atoms with Crippen LogP contribution in [0.2, 0.25) is 0 Å². The van der Waals surface area contributed by atoms with Gasteiger partial charge in [0.2, 0.25) is 0 Å². The van der Waals surface area contributed by atoms with E-state index in [2.05, 4.69) is 37.2 Å². The summed E-state index contributed by atoms with van der Waals surface area (Å²) in [6.07, 6.45) is 8.06. The number of furan rings is 1. The first-order valence-electron chi connectivity index (χ1n) is 8.20. The number of nitrogens with one attached hydrogen (secondary N) is 1. The molecule has 1 saturated carbocycles. The lowest BCUT2D eigenvalue weighted by Gasteiger charge is -2.30. The lowest BCUT2D eigenvalue weighted by atomic mass is 9.94. The first-order valence-corrected chi connectivity index (χ1v) is 8.20. The molecule has 0 radical (unpaired) electrons. The molecule has 114 valence electrons. The second-order valence-corrected chi connectivity index (χ2v) is 6.18. The van der Waals surface area contributed by atoms with Gasteiger partial charge in [-0.1, -0.05) is 26.2 Å². The molecule has 1 aliphatic rings. The number of rotatable bonds is 7. The average molecular weight is 278 g/mol. The average Bonchev–Trinajstić information content (AvgIpc) is 2.80. The van der Waals surface area contributed by atoms with Gasteiger partial charge >= 0.3 is 0 Å². The summed E-state index contributed by atoms with van der Waals surface area (Å²) in [5, 5.41) is 3.45. The minimum Gasteiger partial charge on any atom is -0.465 e. The molecule has 0 amide bonds. The molecule has 0 unspecified atom stereocenters. The van der Waals surface area contributed by atoms with E-state index in [1.54, 1.807) is 0 Å². The number of aryl methyl sites for hydroxylation is 1. The van der Waals surface area contributed by atoms with Crippen molar-refractivity contribution < 1.29 is 4.42 Å². The Bertz CT molecular complexity index is 394. The normalized spacial score (nSPS) is 17.0. The molecule has 3 heteroatoms. The summed E-state index contributed by atoms with van der Waals surface area (Å²) in [7, 11) is 2.24. The standard InChI is InChI=1S/C17H30N2O/c1-4-10-18-12-15-11-17(20-14(15)2)13-19(3)16-8-6-5-7-9-16/h11,16,18H,4-10,12-13H2,1-3H3. The molecule has 1 aliphatic carbocycles. The van der Waals surface area contributed by atoms with Crippen LogP contribution in [0.5, 0.6) is 0 Å². The van der Waals surface area contributed by atoms with Gasteiger partial charge in [-0.3, -0.25) is 4.90 Å². The van der Waals surface area contributed by atoms with E-state index in [-0.39, 0.29) is 0 Å². The fourth-order valence-electron chi connectivity index (χ4n) is 3.14. The van der Waals surface area contributed by atoms with Crippen LogP contribution in [0.15, 0.2) is 10.5 Å². The molecule has 0 atom stereocenters. The second kappa shape index (κ2) is 7.84. The van der Waals surface area contributed by atoms with Crippen LogP contribution in [-0.2, 0) is 13.1 Å². The Hall–Kier alpha value is -0.800. The SMILES string of the molecule is CCCNCc1cc(CN(C)C2CCCCC2)oc1C. The molecule has 2 rings (SSSR count). The Balaban J connectivity index is 1.87. The van der Waals surface area contributed by atoms with Gasteiger partial charge in [0, 0.05) is 18.2 Å². The lowest BCUT2D eigenvalue weighted by molar-refractivity contribution is 0.172. The Morgan fingerprint density at radius 1 is 1.30 bits per heavy atom. The molecule has 0 bridgehead atoms. The molecule has 0 aliphatic heterocycles. The van der Waals surface area contributed by atoms with E-state index in [0.717, 1.165) is 37.2 Å². The molecular weight excluding hydrogens is 248 g/mol. The molecule has 3 nitrogen and oxygen atoms in total. The monoisotopic (exact) mass is 278 g/mol. The minimum atomic E-state index is 0.746. The molecule has 20 heavy (non-hydrogen) atoms. The smallest absolute Gasteiger partial charge is 0.118 e. The van der Waals surface area contributed by atoms with E-state index in [0.29, 0.717) is 0 Å². The first-order chi connectivity index (χ1) is 9.70. The highest BCUT2D eigenvalue weighted by atomic mass is 16.3. The number of hydrogen-bond donors (Lipinski definition) is 1. The van der Waals surface area contributed by atoms with Crippen molar-refractivity contribution in [2.24, 2.45) is 0 Å². The van der Waals surface area contributed by atoms with Crippen LogP contribution in [0.3, 0.4) is 0 Å². The number of hydrogen-bond acceptors (Lipinski definition) is 3. The summed E-state index contributed by atoms with van der Waals surface area (Å²) in [6.45, 7) is 7.21. The Morgan fingerprint density at radius 2 is 2.05 bits per heavy atom. The van der Waals surface area contributed by atoms with Crippen molar-refractivity contribution in [3.63, 3.8) is 0 Å². The molecule has 0 spiro atoms. The predicted octanol–water partition coefficient (Wildman–Crippen LogP) is 3.85.